The molecule has 1 aliphatic heterocycles. The Balaban J connectivity index is 1.78. The molecule has 3 aromatic rings. The van der Waals surface area contributed by atoms with Gasteiger partial charge in [0.15, 0.2) is 12.0 Å². The third-order valence-electron chi connectivity index (χ3n) is 5.60. The molecule has 1 aliphatic carbocycles. The third kappa shape index (κ3) is 2.27. The largest absolute Gasteiger partial charge is 0.373 e. The zero-order chi connectivity index (χ0) is 17.7. The second-order valence-electron chi connectivity index (χ2n) is 7.28. The van der Waals surface area contributed by atoms with E-state index in [1.165, 1.54) is 22.1 Å². The predicted molar refractivity (Wildman–Crippen MR) is 104 cm³/mol. The van der Waals surface area contributed by atoms with E-state index in [0.29, 0.717) is 6.42 Å². The Kier molecular flexibility index (Phi) is 3.42. The van der Waals surface area contributed by atoms with Gasteiger partial charge in [-0.3, -0.25) is 4.79 Å². The molecule has 0 saturated heterocycles. The van der Waals surface area contributed by atoms with Crippen molar-refractivity contribution in [3.05, 3.63) is 77.0 Å². The Bertz CT molecular complexity index is 1060. The lowest BCUT2D eigenvalue weighted by atomic mass is 9.77. The monoisotopic (exact) mass is 341 g/mol. The Labute approximate surface area is 152 Å². The van der Waals surface area contributed by atoms with E-state index < -0.39 is 0 Å². The summed E-state index contributed by atoms with van der Waals surface area (Å²) in [6.45, 7) is 2.09. The molecule has 0 fully saturated rings. The quantitative estimate of drug-likeness (QED) is 0.701. The van der Waals surface area contributed by atoms with Gasteiger partial charge >= 0.3 is 0 Å². The van der Waals surface area contributed by atoms with Gasteiger partial charge in [0.25, 0.3) is 0 Å². The Morgan fingerprint density at radius 2 is 1.88 bits per heavy atom. The van der Waals surface area contributed by atoms with Gasteiger partial charge in [-0.05, 0) is 43.0 Å². The van der Waals surface area contributed by atoms with Crippen LogP contribution in [-0.4, -0.2) is 5.78 Å². The number of H-pyrrole nitrogens is 1. The molecule has 2 aliphatic rings. The van der Waals surface area contributed by atoms with Crippen LogP contribution in [0.1, 0.15) is 42.0 Å². The highest BCUT2D eigenvalue weighted by Gasteiger charge is 2.35. The number of Topliss-reactive ketones (excluding diaryl/α,β-unsaturated/α-hetero) is 1. The first-order chi connectivity index (χ1) is 12.7. The SMILES string of the molecule is Cc1ccc(C2Nc3ccc4[nH+]cccc4c3C3=C2C(=O)CCC3)cc1. The minimum Gasteiger partial charge on any atom is -0.373 e. The summed E-state index contributed by atoms with van der Waals surface area (Å²) in [6.07, 6.45) is 4.49. The minimum atomic E-state index is -0.0592. The molecule has 1 atom stereocenters. The van der Waals surface area contributed by atoms with Gasteiger partial charge in [-0.15, -0.1) is 0 Å². The van der Waals surface area contributed by atoms with Crippen molar-refractivity contribution >= 4 is 27.9 Å². The topological polar surface area (TPSA) is 43.2 Å². The average molecular weight is 341 g/mol. The standard InChI is InChI=1S/C23H20N2O/c1-14-7-9-15(10-8-14)23-22-17(4-2-6-20(22)26)21-16-5-3-13-24-18(16)11-12-19(21)25-23/h3,5,7-13,23,25H,2,4,6H2,1H3/p+1. The molecular formula is C23H21N2O+. The number of aryl methyl sites for hydroxylation is 1. The third-order valence-corrected chi connectivity index (χ3v) is 5.60. The molecule has 1 aromatic heterocycles. The van der Waals surface area contributed by atoms with Crippen molar-refractivity contribution in [2.75, 3.05) is 5.32 Å². The van der Waals surface area contributed by atoms with Gasteiger partial charge in [0.2, 0.25) is 5.52 Å². The molecule has 5 rings (SSSR count). The summed E-state index contributed by atoms with van der Waals surface area (Å²) in [7, 11) is 0. The lowest BCUT2D eigenvalue weighted by Gasteiger charge is -2.34. The molecule has 26 heavy (non-hydrogen) atoms. The van der Waals surface area contributed by atoms with Crippen LogP contribution in [0.3, 0.4) is 0 Å². The smallest absolute Gasteiger partial charge is 0.211 e. The maximum absolute atomic E-state index is 12.9. The van der Waals surface area contributed by atoms with Crippen LogP contribution in [0.5, 0.6) is 0 Å². The number of pyridine rings is 1. The fourth-order valence-electron chi connectivity index (χ4n) is 4.34. The van der Waals surface area contributed by atoms with Crippen molar-refractivity contribution < 1.29 is 9.78 Å². The molecule has 0 amide bonds. The van der Waals surface area contributed by atoms with E-state index in [1.807, 2.05) is 12.3 Å². The summed E-state index contributed by atoms with van der Waals surface area (Å²) in [5.41, 5.74) is 8.00. The molecule has 3 heteroatoms. The zero-order valence-electron chi connectivity index (χ0n) is 14.8. The van der Waals surface area contributed by atoms with E-state index in [9.17, 15) is 4.79 Å². The van der Waals surface area contributed by atoms with E-state index in [4.69, 9.17) is 0 Å². The van der Waals surface area contributed by atoms with E-state index in [0.717, 1.165) is 35.2 Å². The highest BCUT2D eigenvalue weighted by molar-refractivity contribution is 6.11. The van der Waals surface area contributed by atoms with E-state index in [2.05, 4.69) is 59.7 Å². The van der Waals surface area contributed by atoms with Gasteiger partial charge < -0.3 is 5.32 Å². The fourth-order valence-corrected chi connectivity index (χ4v) is 4.34. The molecule has 0 saturated carbocycles. The normalized spacial score (nSPS) is 19.1. The summed E-state index contributed by atoms with van der Waals surface area (Å²) in [4.78, 5) is 16.2. The molecule has 128 valence electrons. The summed E-state index contributed by atoms with van der Waals surface area (Å²) in [5, 5.41) is 4.84. The Morgan fingerprint density at radius 1 is 1.04 bits per heavy atom. The summed E-state index contributed by atoms with van der Waals surface area (Å²) in [5.74, 6) is 0.284. The zero-order valence-corrected chi connectivity index (χ0v) is 14.8. The predicted octanol–water partition coefficient (Wildman–Crippen LogP) is 4.64. The van der Waals surface area contributed by atoms with Crippen LogP contribution in [-0.2, 0) is 4.79 Å². The maximum atomic E-state index is 12.9. The second kappa shape index (κ2) is 5.80. The van der Waals surface area contributed by atoms with E-state index in [-0.39, 0.29) is 11.8 Å². The van der Waals surface area contributed by atoms with Gasteiger partial charge in [0.05, 0.1) is 11.4 Å². The first-order valence-corrected chi connectivity index (χ1v) is 9.25. The fraction of sp³-hybridized carbons (Fsp3) is 0.217. The van der Waals surface area contributed by atoms with Crippen molar-refractivity contribution in [1.29, 1.82) is 0 Å². The second-order valence-corrected chi connectivity index (χ2v) is 7.28. The van der Waals surface area contributed by atoms with Crippen LogP contribution in [0.25, 0.3) is 16.5 Å². The van der Waals surface area contributed by atoms with Crippen LogP contribution in [0, 0.1) is 6.92 Å². The lowest BCUT2D eigenvalue weighted by Crippen LogP contribution is -2.27. The van der Waals surface area contributed by atoms with Crippen LogP contribution in [0.15, 0.2) is 60.3 Å². The number of ketones is 1. The molecular weight excluding hydrogens is 320 g/mol. The number of rotatable bonds is 1. The molecule has 0 bridgehead atoms. The number of hydrogen-bond donors (Lipinski definition) is 1. The number of aromatic amines is 1. The number of anilines is 1. The average Bonchev–Trinajstić information content (AvgIpc) is 2.68. The van der Waals surface area contributed by atoms with Crippen molar-refractivity contribution in [2.24, 2.45) is 0 Å². The minimum absolute atomic E-state index is 0.0592. The molecule has 2 heterocycles. The maximum Gasteiger partial charge on any atom is 0.211 e. The number of benzene rings is 2. The summed E-state index contributed by atoms with van der Waals surface area (Å²) < 4.78 is 0. The number of carbonyl (C=O) groups excluding carboxylic acids is 1. The van der Waals surface area contributed by atoms with Gasteiger partial charge in [-0.2, -0.15) is 0 Å². The van der Waals surface area contributed by atoms with Crippen LogP contribution in [0.4, 0.5) is 5.69 Å². The number of fused-ring (bicyclic) bond motifs is 4. The Morgan fingerprint density at radius 3 is 2.73 bits per heavy atom. The number of aromatic nitrogens is 1. The first kappa shape index (κ1) is 15.3. The molecule has 0 radical (unpaired) electrons. The number of carbonyl (C=O) groups is 1. The van der Waals surface area contributed by atoms with Crippen LogP contribution < -0.4 is 10.3 Å². The van der Waals surface area contributed by atoms with Gasteiger partial charge in [-0.25, -0.2) is 4.98 Å². The van der Waals surface area contributed by atoms with Gasteiger partial charge in [0.1, 0.15) is 0 Å². The molecule has 0 spiro atoms. The number of nitrogens with one attached hydrogen (secondary N) is 2. The van der Waals surface area contributed by atoms with Crippen molar-refractivity contribution in [2.45, 2.75) is 32.2 Å². The molecule has 3 nitrogen and oxygen atoms in total. The highest BCUT2D eigenvalue weighted by Crippen LogP contribution is 2.47. The van der Waals surface area contributed by atoms with Crippen LogP contribution >= 0.6 is 0 Å². The molecule has 2 aromatic carbocycles. The van der Waals surface area contributed by atoms with Gasteiger partial charge in [0, 0.05) is 35.4 Å². The molecule has 2 N–H and O–H groups in total. The Hall–Kier alpha value is -2.94. The first-order valence-electron chi connectivity index (χ1n) is 9.25. The highest BCUT2D eigenvalue weighted by atomic mass is 16.1. The number of allylic oxidation sites excluding steroid dienone is 1. The number of hydrogen-bond acceptors (Lipinski definition) is 2. The lowest BCUT2D eigenvalue weighted by molar-refractivity contribution is -0.344. The molecule has 1 unspecified atom stereocenters. The summed E-state index contributed by atoms with van der Waals surface area (Å²) >= 11 is 0. The summed E-state index contributed by atoms with van der Waals surface area (Å²) in [6, 6.07) is 16.9. The van der Waals surface area contributed by atoms with E-state index >= 15 is 0 Å². The van der Waals surface area contributed by atoms with Crippen molar-refractivity contribution in [3.63, 3.8) is 0 Å². The van der Waals surface area contributed by atoms with Gasteiger partial charge in [-0.1, -0.05) is 29.8 Å². The van der Waals surface area contributed by atoms with Crippen molar-refractivity contribution in [3.8, 4) is 0 Å². The van der Waals surface area contributed by atoms with E-state index in [1.54, 1.807) is 0 Å². The van der Waals surface area contributed by atoms with Crippen molar-refractivity contribution in [1.82, 2.24) is 0 Å². The van der Waals surface area contributed by atoms with Crippen LogP contribution in [0.2, 0.25) is 0 Å².